The number of hydrogen-bond donors (Lipinski definition) is 1. The molecule has 2 unspecified atom stereocenters. The Morgan fingerprint density at radius 3 is 2.61 bits per heavy atom. The van der Waals surface area contributed by atoms with E-state index in [4.69, 9.17) is 10.5 Å². The van der Waals surface area contributed by atoms with Gasteiger partial charge in [-0.25, -0.2) is 0 Å². The lowest BCUT2D eigenvalue weighted by atomic mass is 10.1. The first-order valence-corrected chi connectivity index (χ1v) is 7.41. The minimum absolute atomic E-state index is 0.0537. The molecule has 1 aromatic heterocycles. The lowest BCUT2D eigenvalue weighted by molar-refractivity contribution is 0.184. The standard InChI is InChI=1S/C14H16BrNOS/c1-9-6-7-13(18-9)14(10(2)16)17-12-5-3-4-11(15)8-12/h3-8,10,14H,16H2,1-2H3. The van der Waals surface area contributed by atoms with Crippen LogP contribution < -0.4 is 10.5 Å². The maximum absolute atomic E-state index is 6.03. The Labute approximate surface area is 120 Å². The van der Waals surface area contributed by atoms with Crippen molar-refractivity contribution in [3.05, 3.63) is 50.6 Å². The van der Waals surface area contributed by atoms with E-state index in [0.717, 1.165) is 10.2 Å². The van der Waals surface area contributed by atoms with E-state index in [0.29, 0.717) is 0 Å². The van der Waals surface area contributed by atoms with Crippen LogP contribution in [0, 0.1) is 6.92 Å². The number of rotatable bonds is 4. The molecule has 0 fully saturated rings. The van der Waals surface area contributed by atoms with Crippen LogP contribution in [0.1, 0.15) is 22.8 Å². The molecule has 2 atom stereocenters. The molecule has 18 heavy (non-hydrogen) atoms. The van der Waals surface area contributed by atoms with E-state index in [1.165, 1.54) is 9.75 Å². The summed E-state index contributed by atoms with van der Waals surface area (Å²) >= 11 is 5.17. The highest BCUT2D eigenvalue weighted by Crippen LogP contribution is 2.30. The molecule has 4 heteroatoms. The summed E-state index contributed by atoms with van der Waals surface area (Å²) in [5.74, 6) is 0.831. The van der Waals surface area contributed by atoms with Crippen LogP contribution in [-0.4, -0.2) is 6.04 Å². The van der Waals surface area contributed by atoms with Crippen LogP contribution in [0.15, 0.2) is 40.9 Å². The Morgan fingerprint density at radius 1 is 1.28 bits per heavy atom. The Morgan fingerprint density at radius 2 is 2.06 bits per heavy atom. The van der Waals surface area contributed by atoms with E-state index in [2.05, 4.69) is 35.0 Å². The fourth-order valence-corrected chi connectivity index (χ4v) is 3.12. The second kappa shape index (κ2) is 5.87. The van der Waals surface area contributed by atoms with Crippen LogP contribution in [0.2, 0.25) is 0 Å². The molecule has 0 spiro atoms. The zero-order valence-electron chi connectivity index (χ0n) is 10.4. The summed E-state index contributed by atoms with van der Waals surface area (Å²) in [5.41, 5.74) is 6.03. The third kappa shape index (κ3) is 3.34. The van der Waals surface area contributed by atoms with Gasteiger partial charge in [-0.05, 0) is 44.2 Å². The van der Waals surface area contributed by atoms with Crippen LogP contribution in [0.25, 0.3) is 0 Å². The maximum Gasteiger partial charge on any atom is 0.148 e. The summed E-state index contributed by atoms with van der Waals surface area (Å²) in [7, 11) is 0. The number of ether oxygens (including phenoxy) is 1. The largest absolute Gasteiger partial charge is 0.483 e. The zero-order chi connectivity index (χ0) is 13.1. The fourth-order valence-electron chi connectivity index (χ4n) is 1.72. The van der Waals surface area contributed by atoms with Gasteiger partial charge in [-0.15, -0.1) is 11.3 Å². The van der Waals surface area contributed by atoms with E-state index in [1.807, 2.05) is 31.2 Å². The molecule has 1 heterocycles. The Balaban J connectivity index is 2.22. The smallest absolute Gasteiger partial charge is 0.148 e. The Hall–Kier alpha value is -0.840. The molecule has 0 aliphatic heterocycles. The number of thiophene rings is 1. The molecule has 96 valence electrons. The van der Waals surface area contributed by atoms with Gasteiger partial charge in [0.1, 0.15) is 11.9 Å². The molecule has 0 aliphatic carbocycles. The van der Waals surface area contributed by atoms with Gasteiger partial charge in [-0.2, -0.15) is 0 Å². The molecule has 0 amide bonds. The van der Waals surface area contributed by atoms with Crippen molar-refractivity contribution in [3.63, 3.8) is 0 Å². The normalized spacial score (nSPS) is 14.2. The lowest BCUT2D eigenvalue weighted by Crippen LogP contribution is -2.28. The fraction of sp³-hybridized carbons (Fsp3) is 0.286. The van der Waals surface area contributed by atoms with Gasteiger partial charge in [-0.1, -0.05) is 22.0 Å². The maximum atomic E-state index is 6.03. The van der Waals surface area contributed by atoms with Crippen molar-refractivity contribution in [1.82, 2.24) is 0 Å². The summed E-state index contributed by atoms with van der Waals surface area (Å²) in [4.78, 5) is 2.44. The second-order valence-electron chi connectivity index (χ2n) is 4.30. The van der Waals surface area contributed by atoms with Crippen molar-refractivity contribution in [3.8, 4) is 5.75 Å². The molecule has 2 N–H and O–H groups in total. The van der Waals surface area contributed by atoms with Gasteiger partial charge in [0.2, 0.25) is 0 Å². The van der Waals surface area contributed by atoms with Crippen LogP contribution in [0.5, 0.6) is 5.75 Å². The number of benzene rings is 1. The first kappa shape index (κ1) is 13.6. The predicted molar refractivity (Wildman–Crippen MR) is 80.2 cm³/mol. The van der Waals surface area contributed by atoms with E-state index in [1.54, 1.807) is 11.3 Å². The first-order chi connectivity index (χ1) is 8.56. The topological polar surface area (TPSA) is 35.2 Å². The molecule has 0 aliphatic rings. The summed E-state index contributed by atoms with van der Waals surface area (Å²) in [6.45, 7) is 4.06. The van der Waals surface area contributed by atoms with Gasteiger partial charge in [0.05, 0.1) is 0 Å². The third-order valence-corrected chi connectivity index (χ3v) is 4.13. The van der Waals surface area contributed by atoms with Crippen LogP contribution in [0.3, 0.4) is 0 Å². The molecule has 0 bridgehead atoms. The highest BCUT2D eigenvalue weighted by atomic mass is 79.9. The molecule has 1 aromatic carbocycles. The van der Waals surface area contributed by atoms with Crippen LogP contribution in [-0.2, 0) is 0 Å². The predicted octanol–water partition coefficient (Wildman–Crippen LogP) is 4.29. The molecule has 0 saturated carbocycles. The summed E-state index contributed by atoms with van der Waals surface area (Å²) in [5, 5.41) is 0. The first-order valence-electron chi connectivity index (χ1n) is 5.80. The molecular formula is C14H16BrNOS. The molecule has 0 saturated heterocycles. The lowest BCUT2D eigenvalue weighted by Gasteiger charge is -2.21. The highest BCUT2D eigenvalue weighted by Gasteiger charge is 2.20. The molecular weight excluding hydrogens is 310 g/mol. The van der Waals surface area contributed by atoms with Gasteiger partial charge in [-0.3, -0.25) is 0 Å². The van der Waals surface area contributed by atoms with Crippen molar-refractivity contribution in [2.45, 2.75) is 26.0 Å². The average Bonchev–Trinajstić information content (AvgIpc) is 2.72. The number of aryl methyl sites for hydroxylation is 1. The van der Waals surface area contributed by atoms with Gasteiger partial charge in [0, 0.05) is 20.3 Å². The van der Waals surface area contributed by atoms with Gasteiger partial charge in [0.15, 0.2) is 0 Å². The summed E-state index contributed by atoms with van der Waals surface area (Å²) in [6, 6.07) is 12.0. The van der Waals surface area contributed by atoms with E-state index >= 15 is 0 Å². The number of halogens is 1. The Bertz CT molecular complexity index is 524. The zero-order valence-corrected chi connectivity index (χ0v) is 12.8. The molecule has 0 radical (unpaired) electrons. The Kier molecular flexibility index (Phi) is 4.43. The summed E-state index contributed by atoms with van der Waals surface area (Å²) < 4.78 is 7.02. The SMILES string of the molecule is Cc1ccc(C(Oc2cccc(Br)c2)C(C)N)s1. The molecule has 2 nitrogen and oxygen atoms in total. The third-order valence-electron chi connectivity index (χ3n) is 2.58. The quantitative estimate of drug-likeness (QED) is 0.910. The number of nitrogens with two attached hydrogens (primary N) is 1. The highest BCUT2D eigenvalue weighted by molar-refractivity contribution is 9.10. The number of hydrogen-bond acceptors (Lipinski definition) is 3. The van der Waals surface area contributed by atoms with Crippen molar-refractivity contribution in [2.75, 3.05) is 0 Å². The molecule has 2 aromatic rings. The van der Waals surface area contributed by atoms with Gasteiger partial charge < -0.3 is 10.5 Å². The van der Waals surface area contributed by atoms with Crippen LogP contribution >= 0.6 is 27.3 Å². The minimum Gasteiger partial charge on any atom is -0.483 e. The van der Waals surface area contributed by atoms with Crippen molar-refractivity contribution in [2.24, 2.45) is 5.73 Å². The van der Waals surface area contributed by atoms with Crippen LogP contribution in [0.4, 0.5) is 0 Å². The van der Waals surface area contributed by atoms with Crippen molar-refractivity contribution < 1.29 is 4.74 Å². The van der Waals surface area contributed by atoms with Gasteiger partial charge in [0.25, 0.3) is 0 Å². The van der Waals surface area contributed by atoms with E-state index < -0.39 is 0 Å². The summed E-state index contributed by atoms with van der Waals surface area (Å²) in [6.07, 6.45) is -0.0991. The van der Waals surface area contributed by atoms with E-state index in [-0.39, 0.29) is 12.1 Å². The average molecular weight is 326 g/mol. The van der Waals surface area contributed by atoms with Gasteiger partial charge >= 0.3 is 0 Å². The second-order valence-corrected chi connectivity index (χ2v) is 6.54. The van der Waals surface area contributed by atoms with Crippen molar-refractivity contribution in [1.29, 1.82) is 0 Å². The molecule has 2 rings (SSSR count). The monoisotopic (exact) mass is 325 g/mol. The minimum atomic E-state index is -0.0991. The van der Waals surface area contributed by atoms with E-state index in [9.17, 15) is 0 Å². The van der Waals surface area contributed by atoms with Crippen molar-refractivity contribution >= 4 is 27.3 Å².